The fraction of sp³-hybridized carbons (Fsp3) is 0.160. The Kier molecular flexibility index (Phi) is 4.85. The minimum absolute atomic E-state index is 0.556. The molecule has 30 heavy (non-hydrogen) atoms. The molecule has 5 rings (SSSR count). The highest BCUT2D eigenvalue weighted by Gasteiger charge is 2.23. The summed E-state index contributed by atoms with van der Waals surface area (Å²) in [5.41, 5.74) is 5.52. The van der Waals surface area contributed by atoms with Gasteiger partial charge in [0.15, 0.2) is 0 Å². The van der Waals surface area contributed by atoms with Gasteiger partial charge >= 0.3 is 0 Å². The predicted molar refractivity (Wildman–Crippen MR) is 119 cm³/mol. The molecule has 0 aliphatic carbocycles. The molecular formula is C25H23N3O2. The Bertz CT molecular complexity index is 1130. The van der Waals surface area contributed by atoms with Gasteiger partial charge in [-0.05, 0) is 60.5 Å². The van der Waals surface area contributed by atoms with Crippen molar-refractivity contribution in [2.75, 3.05) is 19.0 Å². The maximum Gasteiger partial charge on any atom is 0.133 e. The van der Waals surface area contributed by atoms with E-state index in [1.54, 1.807) is 7.11 Å². The number of anilines is 1. The summed E-state index contributed by atoms with van der Waals surface area (Å²) in [7, 11) is 1.68. The number of fused-ring (bicyclic) bond motifs is 1. The number of benzene rings is 3. The molecule has 5 heteroatoms. The van der Waals surface area contributed by atoms with Crippen molar-refractivity contribution in [1.29, 1.82) is 0 Å². The van der Waals surface area contributed by atoms with Crippen LogP contribution in [0.2, 0.25) is 0 Å². The van der Waals surface area contributed by atoms with E-state index in [1.165, 1.54) is 5.56 Å². The lowest BCUT2D eigenvalue weighted by Crippen LogP contribution is -2.04. The lowest BCUT2D eigenvalue weighted by Gasteiger charge is -2.09. The number of methoxy groups -OCH3 is 1. The molecule has 4 aromatic rings. The molecule has 1 N–H and O–H groups in total. The third-order valence-electron chi connectivity index (χ3n) is 5.34. The zero-order chi connectivity index (χ0) is 20.3. The number of aromatic nitrogens is 2. The molecule has 0 amide bonds. The van der Waals surface area contributed by atoms with Crippen LogP contribution in [0.3, 0.4) is 0 Å². The van der Waals surface area contributed by atoms with Gasteiger partial charge in [-0.25, -0.2) is 4.68 Å². The van der Waals surface area contributed by atoms with E-state index in [9.17, 15) is 0 Å². The first-order valence-electron chi connectivity index (χ1n) is 10.1. The van der Waals surface area contributed by atoms with E-state index in [0.717, 1.165) is 52.8 Å². The molecule has 1 aliphatic rings. The van der Waals surface area contributed by atoms with Gasteiger partial charge in [-0.3, -0.25) is 0 Å². The average Bonchev–Trinajstić information content (AvgIpc) is 3.42. The Morgan fingerprint density at radius 1 is 0.900 bits per heavy atom. The highest BCUT2D eigenvalue weighted by Crippen LogP contribution is 2.35. The first-order chi connectivity index (χ1) is 14.8. The third-order valence-corrected chi connectivity index (χ3v) is 5.34. The number of ether oxygens (including phenoxy) is 2. The van der Waals surface area contributed by atoms with Gasteiger partial charge in [0.1, 0.15) is 23.9 Å². The summed E-state index contributed by atoms with van der Waals surface area (Å²) in [6, 6.07) is 26.3. The molecule has 5 nitrogen and oxygen atoms in total. The van der Waals surface area contributed by atoms with E-state index in [4.69, 9.17) is 14.6 Å². The Morgan fingerprint density at radius 3 is 2.37 bits per heavy atom. The Labute approximate surface area is 175 Å². The van der Waals surface area contributed by atoms with E-state index in [2.05, 4.69) is 29.6 Å². The van der Waals surface area contributed by atoms with Gasteiger partial charge in [0.05, 0.1) is 18.5 Å². The van der Waals surface area contributed by atoms with Gasteiger partial charge in [0.25, 0.3) is 0 Å². The van der Waals surface area contributed by atoms with Crippen LogP contribution in [0.5, 0.6) is 11.5 Å². The fourth-order valence-corrected chi connectivity index (χ4v) is 3.77. The molecule has 1 aliphatic heterocycles. The first-order valence-corrected chi connectivity index (χ1v) is 10.1. The van der Waals surface area contributed by atoms with E-state index in [-0.39, 0.29) is 0 Å². The number of hydrogen-bond acceptors (Lipinski definition) is 4. The van der Waals surface area contributed by atoms with Crippen LogP contribution in [0.4, 0.5) is 5.82 Å². The van der Waals surface area contributed by atoms with E-state index in [0.29, 0.717) is 6.61 Å². The second-order valence-corrected chi connectivity index (χ2v) is 7.26. The van der Waals surface area contributed by atoms with Crippen molar-refractivity contribution in [1.82, 2.24) is 9.78 Å². The summed E-state index contributed by atoms with van der Waals surface area (Å²) in [4.78, 5) is 0. The minimum Gasteiger partial charge on any atom is -0.497 e. The summed E-state index contributed by atoms with van der Waals surface area (Å²) in [6.45, 7) is 1.48. The van der Waals surface area contributed by atoms with Gasteiger partial charge in [-0.15, -0.1) is 0 Å². The average molecular weight is 397 g/mol. The van der Waals surface area contributed by atoms with E-state index in [1.807, 2.05) is 59.3 Å². The predicted octanol–water partition coefficient (Wildman–Crippen LogP) is 5.09. The lowest BCUT2D eigenvalue weighted by atomic mass is 10.1. The van der Waals surface area contributed by atoms with Gasteiger partial charge in [0, 0.05) is 17.7 Å². The molecule has 0 radical (unpaired) electrons. The largest absolute Gasteiger partial charge is 0.497 e. The number of hydrogen-bond donors (Lipinski definition) is 1. The second kappa shape index (κ2) is 7.95. The topological polar surface area (TPSA) is 48.3 Å². The van der Waals surface area contributed by atoms with Crippen molar-refractivity contribution < 1.29 is 9.47 Å². The summed E-state index contributed by atoms with van der Waals surface area (Å²) < 4.78 is 13.2. The fourth-order valence-electron chi connectivity index (χ4n) is 3.77. The monoisotopic (exact) mass is 397 g/mol. The molecule has 0 saturated carbocycles. The van der Waals surface area contributed by atoms with Crippen molar-refractivity contribution in [3.05, 3.63) is 90.0 Å². The van der Waals surface area contributed by atoms with Crippen LogP contribution in [-0.2, 0) is 13.0 Å². The van der Waals surface area contributed by atoms with Crippen LogP contribution >= 0.6 is 0 Å². The SMILES string of the molecule is COc1ccc(-c2nn(-c3ccc(OCc4ccccc4)cc3)c3c2CCN3)cc1. The smallest absolute Gasteiger partial charge is 0.133 e. The Balaban J connectivity index is 1.40. The van der Waals surface area contributed by atoms with Crippen molar-refractivity contribution >= 4 is 5.82 Å². The normalized spacial score (nSPS) is 12.3. The van der Waals surface area contributed by atoms with Crippen molar-refractivity contribution in [2.24, 2.45) is 0 Å². The number of nitrogens with zero attached hydrogens (tertiary/aromatic N) is 2. The lowest BCUT2D eigenvalue weighted by molar-refractivity contribution is 0.306. The third kappa shape index (κ3) is 3.50. The van der Waals surface area contributed by atoms with Crippen LogP contribution in [0.15, 0.2) is 78.9 Å². The second-order valence-electron chi connectivity index (χ2n) is 7.26. The van der Waals surface area contributed by atoms with Crippen LogP contribution in [0.25, 0.3) is 16.9 Å². The highest BCUT2D eigenvalue weighted by atomic mass is 16.5. The first kappa shape index (κ1) is 18.3. The zero-order valence-electron chi connectivity index (χ0n) is 16.8. The molecule has 0 unspecified atom stereocenters. The molecule has 2 heterocycles. The quantitative estimate of drug-likeness (QED) is 0.492. The van der Waals surface area contributed by atoms with Crippen molar-refractivity contribution in [3.8, 4) is 28.4 Å². The molecule has 150 valence electrons. The maximum absolute atomic E-state index is 5.91. The van der Waals surface area contributed by atoms with E-state index >= 15 is 0 Å². The number of nitrogens with one attached hydrogen (secondary N) is 1. The summed E-state index contributed by atoms with van der Waals surface area (Å²) in [5, 5.41) is 8.41. The maximum atomic E-state index is 5.91. The molecule has 0 atom stereocenters. The van der Waals surface area contributed by atoms with Crippen LogP contribution in [0, 0.1) is 0 Å². The van der Waals surface area contributed by atoms with Crippen molar-refractivity contribution in [3.63, 3.8) is 0 Å². The highest BCUT2D eigenvalue weighted by molar-refractivity contribution is 5.73. The van der Waals surface area contributed by atoms with Gasteiger partial charge in [-0.2, -0.15) is 5.10 Å². The minimum atomic E-state index is 0.556. The molecule has 0 saturated heterocycles. The molecule has 0 bridgehead atoms. The summed E-state index contributed by atoms with van der Waals surface area (Å²) >= 11 is 0. The number of rotatable bonds is 6. The van der Waals surface area contributed by atoms with Crippen molar-refractivity contribution in [2.45, 2.75) is 13.0 Å². The Hall–Kier alpha value is -3.73. The molecular weight excluding hydrogens is 374 g/mol. The van der Waals surface area contributed by atoms with E-state index < -0.39 is 0 Å². The molecule has 1 aromatic heterocycles. The standard InChI is InChI=1S/C25H23N3O2/c1-29-21-11-7-19(8-12-21)24-23-15-16-26-25(23)28(27-24)20-9-13-22(14-10-20)30-17-18-5-3-2-4-6-18/h2-14,26H,15-17H2,1H3. The van der Waals surface area contributed by atoms with Gasteiger partial charge in [-0.1, -0.05) is 30.3 Å². The van der Waals surface area contributed by atoms with Crippen LogP contribution in [0.1, 0.15) is 11.1 Å². The summed E-state index contributed by atoms with van der Waals surface area (Å²) in [5.74, 6) is 2.76. The molecule has 0 fully saturated rings. The molecule has 0 spiro atoms. The Morgan fingerprint density at radius 2 is 1.63 bits per heavy atom. The van der Waals surface area contributed by atoms with Crippen LogP contribution in [-0.4, -0.2) is 23.4 Å². The van der Waals surface area contributed by atoms with Crippen LogP contribution < -0.4 is 14.8 Å². The zero-order valence-corrected chi connectivity index (χ0v) is 16.8. The van der Waals surface area contributed by atoms with Gasteiger partial charge < -0.3 is 14.8 Å². The van der Waals surface area contributed by atoms with Gasteiger partial charge in [0.2, 0.25) is 0 Å². The summed E-state index contributed by atoms with van der Waals surface area (Å²) in [6.07, 6.45) is 0.967. The molecule has 3 aromatic carbocycles.